The van der Waals surface area contributed by atoms with Gasteiger partial charge in [0.15, 0.2) is 6.61 Å². The quantitative estimate of drug-likeness (QED) is 0.742. The molecule has 1 aliphatic rings. The minimum absolute atomic E-state index is 0.0484. The molecule has 2 rings (SSSR count). The second-order valence-corrected chi connectivity index (χ2v) is 4.11. The summed E-state index contributed by atoms with van der Waals surface area (Å²) in [4.78, 5) is 11.0. The van der Waals surface area contributed by atoms with Gasteiger partial charge in [0.2, 0.25) is 0 Å². The number of fused-ring (bicyclic) bond motifs is 1. The Morgan fingerprint density at radius 1 is 1.53 bits per heavy atom. The Kier molecular flexibility index (Phi) is 3.19. The van der Waals surface area contributed by atoms with Gasteiger partial charge in [0.25, 0.3) is 0 Å². The highest BCUT2D eigenvalue weighted by Gasteiger charge is 2.23. The standard InChI is InChI=1S/C12H15NO4/c1-16-12(15)6-17-11-5-9(14)3-7-2-8(13)4-10(7)11/h3,5,8,14H,2,4,6,13H2,1H3. The van der Waals surface area contributed by atoms with Gasteiger partial charge in [-0.15, -0.1) is 0 Å². The van der Waals surface area contributed by atoms with Crippen LogP contribution in [0.4, 0.5) is 0 Å². The summed E-state index contributed by atoms with van der Waals surface area (Å²) in [6, 6.07) is 3.24. The Labute approximate surface area is 99.1 Å². The van der Waals surface area contributed by atoms with Crippen LogP contribution >= 0.6 is 0 Å². The van der Waals surface area contributed by atoms with Gasteiger partial charge < -0.3 is 20.3 Å². The van der Waals surface area contributed by atoms with Crippen LogP contribution < -0.4 is 10.5 Å². The molecular formula is C12H15NO4. The van der Waals surface area contributed by atoms with Gasteiger partial charge in [-0.2, -0.15) is 0 Å². The number of carbonyl (C=O) groups excluding carboxylic acids is 1. The predicted octanol–water partition coefficient (Wildman–Crippen LogP) is 0.370. The van der Waals surface area contributed by atoms with Crippen LogP contribution in [0.3, 0.4) is 0 Å². The molecule has 17 heavy (non-hydrogen) atoms. The summed E-state index contributed by atoms with van der Waals surface area (Å²) in [7, 11) is 1.30. The number of rotatable bonds is 3. The molecule has 1 aliphatic carbocycles. The van der Waals surface area contributed by atoms with E-state index in [-0.39, 0.29) is 18.4 Å². The van der Waals surface area contributed by atoms with E-state index in [1.165, 1.54) is 13.2 Å². The smallest absolute Gasteiger partial charge is 0.343 e. The van der Waals surface area contributed by atoms with E-state index in [1.54, 1.807) is 6.07 Å². The van der Waals surface area contributed by atoms with Crippen molar-refractivity contribution in [2.24, 2.45) is 5.73 Å². The summed E-state index contributed by atoms with van der Waals surface area (Å²) in [5.41, 5.74) is 7.81. The maximum absolute atomic E-state index is 11.0. The number of hydrogen-bond donors (Lipinski definition) is 2. The summed E-state index contributed by atoms with van der Waals surface area (Å²) in [5, 5.41) is 9.55. The molecule has 0 aliphatic heterocycles. The van der Waals surface area contributed by atoms with Crippen LogP contribution in [0.2, 0.25) is 0 Å². The number of nitrogens with two attached hydrogens (primary N) is 1. The topological polar surface area (TPSA) is 81.8 Å². The molecule has 0 heterocycles. The van der Waals surface area contributed by atoms with E-state index in [2.05, 4.69) is 4.74 Å². The average Bonchev–Trinajstić information content (AvgIpc) is 2.65. The van der Waals surface area contributed by atoms with Crippen molar-refractivity contribution in [2.75, 3.05) is 13.7 Å². The molecule has 1 unspecified atom stereocenters. The molecule has 3 N–H and O–H groups in total. The molecule has 5 heteroatoms. The lowest BCUT2D eigenvalue weighted by Gasteiger charge is -2.10. The largest absolute Gasteiger partial charge is 0.508 e. The lowest BCUT2D eigenvalue weighted by atomic mass is 10.1. The molecule has 5 nitrogen and oxygen atoms in total. The molecule has 0 amide bonds. The molecule has 0 bridgehead atoms. The Balaban J connectivity index is 2.20. The lowest BCUT2D eigenvalue weighted by Crippen LogP contribution is -2.19. The molecule has 0 radical (unpaired) electrons. The summed E-state index contributed by atoms with van der Waals surface area (Å²) < 4.78 is 9.83. The van der Waals surface area contributed by atoms with E-state index >= 15 is 0 Å². The number of benzene rings is 1. The van der Waals surface area contributed by atoms with Crippen molar-refractivity contribution >= 4 is 5.97 Å². The predicted molar refractivity (Wildman–Crippen MR) is 61.0 cm³/mol. The number of esters is 1. The number of aromatic hydroxyl groups is 1. The van der Waals surface area contributed by atoms with Crippen molar-refractivity contribution in [3.63, 3.8) is 0 Å². The number of hydrogen-bond acceptors (Lipinski definition) is 5. The summed E-state index contributed by atoms with van der Waals surface area (Å²) in [6.45, 7) is -0.165. The van der Waals surface area contributed by atoms with Gasteiger partial charge in [0.05, 0.1) is 7.11 Å². The maximum atomic E-state index is 11.0. The van der Waals surface area contributed by atoms with Crippen molar-refractivity contribution < 1.29 is 19.4 Å². The Bertz CT molecular complexity index is 444. The highest BCUT2D eigenvalue weighted by atomic mass is 16.6. The van der Waals surface area contributed by atoms with E-state index < -0.39 is 5.97 Å². The first-order valence-electron chi connectivity index (χ1n) is 5.40. The Morgan fingerprint density at radius 3 is 3.00 bits per heavy atom. The summed E-state index contributed by atoms with van der Waals surface area (Å²) in [6.07, 6.45) is 1.42. The first-order chi connectivity index (χ1) is 8.10. The fourth-order valence-corrected chi connectivity index (χ4v) is 2.04. The second kappa shape index (κ2) is 4.63. The fraction of sp³-hybridized carbons (Fsp3) is 0.417. The van der Waals surface area contributed by atoms with Crippen molar-refractivity contribution in [3.8, 4) is 11.5 Å². The monoisotopic (exact) mass is 237 g/mol. The molecule has 1 atom stereocenters. The van der Waals surface area contributed by atoms with Gasteiger partial charge in [-0.3, -0.25) is 0 Å². The zero-order valence-corrected chi connectivity index (χ0v) is 9.60. The van der Waals surface area contributed by atoms with Crippen molar-refractivity contribution in [3.05, 3.63) is 23.3 Å². The SMILES string of the molecule is COC(=O)COc1cc(O)cc2c1CC(N)C2. The molecule has 0 aromatic heterocycles. The van der Waals surface area contributed by atoms with Crippen LogP contribution in [-0.2, 0) is 22.4 Å². The third-order valence-corrected chi connectivity index (χ3v) is 2.81. The van der Waals surface area contributed by atoms with E-state index in [0.717, 1.165) is 17.5 Å². The van der Waals surface area contributed by atoms with Crippen molar-refractivity contribution in [1.29, 1.82) is 0 Å². The van der Waals surface area contributed by atoms with E-state index in [1.807, 2.05) is 0 Å². The molecule has 0 fully saturated rings. The first-order valence-corrected chi connectivity index (χ1v) is 5.40. The van der Waals surface area contributed by atoms with E-state index in [9.17, 15) is 9.90 Å². The minimum Gasteiger partial charge on any atom is -0.508 e. The molecule has 0 spiro atoms. The normalized spacial score (nSPS) is 17.6. The van der Waals surface area contributed by atoms with E-state index in [0.29, 0.717) is 12.2 Å². The molecule has 1 aromatic rings. The van der Waals surface area contributed by atoms with Crippen LogP contribution in [0.25, 0.3) is 0 Å². The van der Waals surface area contributed by atoms with Gasteiger partial charge >= 0.3 is 5.97 Å². The average molecular weight is 237 g/mol. The van der Waals surface area contributed by atoms with Crippen molar-refractivity contribution in [2.45, 2.75) is 18.9 Å². The fourth-order valence-electron chi connectivity index (χ4n) is 2.04. The number of methoxy groups -OCH3 is 1. The third kappa shape index (κ3) is 2.50. The first kappa shape index (κ1) is 11.7. The zero-order chi connectivity index (χ0) is 12.4. The van der Waals surface area contributed by atoms with E-state index in [4.69, 9.17) is 10.5 Å². The maximum Gasteiger partial charge on any atom is 0.343 e. The molecule has 0 saturated heterocycles. The van der Waals surface area contributed by atoms with Crippen LogP contribution in [0.1, 0.15) is 11.1 Å². The lowest BCUT2D eigenvalue weighted by molar-refractivity contribution is -0.142. The van der Waals surface area contributed by atoms with Gasteiger partial charge in [-0.25, -0.2) is 4.79 Å². The van der Waals surface area contributed by atoms with Gasteiger partial charge in [-0.05, 0) is 30.0 Å². The Morgan fingerprint density at radius 2 is 2.29 bits per heavy atom. The minimum atomic E-state index is -0.454. The number of carbonyl (C=O) groups is 1. The van der Waals surface area contributed by atoms with Crippen LogP contribution in [0.15, 0.2) is 12.1 Å². The van der Waals surface area contributed by atoms with Gasteiger partial charge in [0, 0.05) is 12.1 Å². The summed E-state index contributed by atoms with van der Waals surface area (Å²) >= 11 is 0. The van der Waals surface area contributed by atoms with Crippen LogP contribution in [0, 0.1) is 0 Å². The van der Waals surface area contributed by atoms with Gasteiger partial charge in [-0.1, -0.05) is 0 Å². The second-order valence-electron chi connectivity index (χ2n) is 4.11. The number of phenolic OH excluding ortho intramolecular Hbond substituents is 1. The summed E-state index contributed by atoms with van der Waals surface area (Å²) in [5.74, 6) is 0.181. The number of phenols is 1. The zero-order valence-electron chi connectivity index (χ0n) is 9.60. The van der Waals surface area contributed by atoms with Crippen LogP contribution in [0.5, 0.6) is 11.5 Å². The number of ether oxygens (including phenoxy) is 2. The highest BCUT2D eigenvalue weighted by Crippen LogP contribution is 2.34. The van der Waals surface area contributed by atoms with Gasteiger partial charge in [0.1, 0.15) is 11.5 Å². The third-order valence-electron chi connectivity index (χ3n) is 2.81. The molecular weight excluding hydrogens is 222 g/mol. The highest BCUT2D eigenvalue weighted by molar-refractivity contribution is 5.71. The van der Waals surface area contributed by atoms with Crippen LogP contribution in [-0.4, -0.2) is 30.8 Å². The molecule has 0 saturated carbocycles. The molecule has 1 aromatic carbocycles. The molecule has 92 valence electrons. The Hall–Kier alpha value is -1.75. The van der Waals surface area contributed by atoms with Crippen molar-refractivity contribution in [1.82, 2.24) is 0 Å².